The van der Waals surface area contributed by atoms with Gasteiger partial charge in [-0.05, 0) is 44.4 Å². The monoisotopic (exact) mass is 205 g/mol. The molecule has 1 heterocycles. The average molecular weight is 205 g/mol. The number of hydrogen-bond acceptors (Lipinski definition) is 2. The topological polar surface area (TPSA) is 21.3 Å². The Kier molecular flexibility index (Phi) is 2.96. The predicted octanol–water partition coefficient (Wildman–Crippen LogP) is 2.82. The van der Waals surface area contributed by atoms with Gasteiger partial charge in [-0.2, -0.15) is 0 Å². The minimum absolute atomic E-state index is 0.550. The summed E-state index contributed by atoms with van der Waals surface area (Å²) >= 11 is 0. The van der Waals surface area contributed by atoms with Crippen LogP contribution in [0.4, 0.5) is 0 Å². The van der Waals surface area contributed by atoms with E-state index in [9.17, 15) is 0 Å². The van der Waals surface area contributed by atoms with Crippen molar-refractivity contribution in [3.8, 4) is 5.75 Å². The van der Waals surface area contributed by atoms with Crippen molar-refractivity contribution in [1.82, 2.24) is 5.32 Å². The van der Waals surface area contributed by atoms with Gasteiger partial charge in [-0.25, -0.2) is 0 Å². The van der Waals surface area contributed by atoms with Crippen molar-refractivity contribution in [2.75, 3.05) is 6.61 Å². The van der Waals surface area contributed by atoms with Crippen LogP contribution in [0, 0.1) is 6.92 Å². The van der Waals surface area contributed by atoms with Crippen LogP contribution in [0.25, 0.3) is 0 Å². The van der Waals surface area contributed by atoms with Crippen LogP contribution in [0.2, 0.25) is 0 Å². The molecule has 0 spiro atoms. The first-order valence-corrected chi connectivity index (χ1v) is 5.70. The lowest BCUT2D eigenvalue weighted by Gasteiger charge is -2.35. The van der Waals surface area contributed by atoms with Crippen molar-refractivity contribution in [2.45, 2.75) is 39.3 Å². The molecule has 2 atom stereocenters. The molecule has 15 heavy (non-hydrogen) atoms. The predicted molar refractivity (Wildman–Crippen MR) is 62.3 cm³/mol. The van der Waals surface area contributed by atoms with Crippen LogP contribution in [-0.2, 0) is 0 Å². The van der Waals surface area contributed by atoms with Gasteiger partial charge in [0.05, 0.1) is 6.61 Å². The lowest BCUT2D eigenvalue weighted by molar-refractivity contribution is 0.287. The summed E-state index contributed by atoms with van der Waals surface area (Å²) in [4.78, 5) is 0. The zero-order valence-electron chi connectivity index (χ0n) is 9.71. The van der Waals surface area contributed by atoms with Crippen molar-refractivity contribution >= 4 is 0 Å². The number of aryl methyl sites for hydroxylation is 1. The van der Waals surface area contributed by atoms with Gasteiger partial charge in [-0.1, -0.05) is 12.1 Å². The molecule has 82 valence electrons. The summed E-state index contributed by atoms with van der Waals surface area (Å²) in [7, 11) is 0. The smallest absolute Gasteiger partial charge is 0.122 e. The summed E-state index contributed by atoms with van der Waals surface area (Å²) < 4.78 is 5.52. The summed E-state index contributed by atoms with van der Waals surface area (Å²) in [5, 5.41) is 3.50. The second kappa shape index (κ2) is 4.23. The molecular weight excluding hydrogens is 186 g/mol. The van der Waals surface area contributed by atoms with E-state index in [1.807, 2.05) is 6.92 Å². The Hall–Kier alpha value is -1.02. The number of ether oxygens (including phenoxy) is 1. The Labute approximate surface area is 91.6 Å². The minimum Gasteiger partial charge on any atom is -0.494 e. The highest BCUT2D eigenvalue weighted by atomic mass is 16.5. The van der Waals surface area contributed by atoms with Crippen LogP contribution in [-0.4, -0.2) is 12.6 Å². The van der Waals surface area contributed by atoms with Gasteiger partial charge in [-0.3, -0.25) is 0 Å². The van der Waals surface area contributed by atoms with Crippen LogP contribution < -0.4 is 10.1 Å². The molecule has 2 unspecified atom stereocenters. The maximum atomic E-state index is 5.52. The second-order valence-corrected chi connectivity index (χ2v) is 4.31. The number of rotatable bonds is 3. The van der Waals surface area contributed by atoms with E-state index in [0.717, 1.165) is 12.4 Å². The van der Waals surface area contributed by atoms with E-state index in [0.29, 0.717) is 12.1 Å². The standard InChI is InChI=1S/C13H19NO/c1-4-15-13-6-5-11(7-9(13)2)12-8-10(3)14-12/h5-7,10,12,14H,4,8H2,1-3H3. The molecule has 1 saturated heterocycles. The molecule has 1 aliphatic rings. The molecular formula is C13H19NO. The maximum Gasteiger partial charge on any atom is 0.122 e. The fraction of sp³-hybridized carbons (Fsp3) is 0.538. The van der Waals surface area contributed by atoms with Crippen LogP contribution in [0.15, 0.2) is 18.2 Å². The summed E-state index contributed by atoms with van der Waals surface area (Å²) in [5.74, 6) is 1.01. The molecule has 1 fully saturated rings. The van der Waals surface area contributed by atoms with E-state index >= 15 is 0 Å². The Bertz CT molecular complexity index is 342. The summed E-state index contributed by atoms with van der Waals surface area (Å²) in [6.45, 7) is 7.08. The van der Waals surface area contributed by atoms with Crippen molar-refractivity contribution < 1.29 is 4.74 Å². The summed E-state index contributed by atoms with van der Waals surface area (Å²) in [6.07, 6.45) is 1.24. The second-order valence-electron chi connectivity index (χ2n) is 4.31. The van der Waals surface area contributed by atoms with Crippen LogP contribution in [0.5, 0.6) is 5.75 Å². The number of nitrogens with one attached hydrogen (secondary N) is 1. The molecule has 1 aromatic rings. The maximum absolute atomic E-state index is 5.52. The molecule has 2 heteroatoms. The molecule has 2 nitrogen and oxygen atoms in total. The highest BCUT2D eigenvalue weighted by molar-refractivity contribution is 5.38. The first kappa shape index (κ1) is 10.5. The molecule has 1 N–H and O–H groups in total. The first-order chi connectivity index (χ1) is 7.20. The lowest BCUT2D eigenvalue weighted by atomic mass is 9.91. The van der Waals surface area contributed by atoms with Gasteiger partial charge in [0.2, 0.25) is 0 Å². The fourth-order valence-electron chi connectivity index (χ4n) is 2.11. The fourth-order valence-corrected chi connectivity index (χ4v) is 2.11. The lowest BCUT2D eigenvalue weighted by Crippen LogP contribution is -2.43. The highest BCUT2D eigenvalue weighted by Crippen LogP contribution is 2.30. The number of hydrogen-bond donors (Lipinski definition) is 1. The van der Waals surface area contributed by atoms with E-state index in [-0.39, 0.29) is 0 Å². The molecule has 0 aromatic heterocycles. The van der Waals surface area contributed by atoms with Crippen LogP contribution in [0.3, 0.4) is 0 Å². The average Bonchev–Trinajstić information content (AvgIpc) is 2.17. The summed E-state index contributed by atoms with van der Waals surface area (Å²) in [6, 6.07) is 7.70. The molecule has 0 aliphatic carbocycles. The normalized spacial score (nSPS) is 24.7. The Morgan fingerprint density at radius 2 is 2.20 bits per heavy atom. The quantitative estimate of drug-likeness (QED) is 0.819. The zero-order valence-corrected chi connectivity index (χ0v) is 9.71. The van der Waals surface area contributed by atoms with Gasteiger partial charge >= 0.3 is 0 Å². The van der Waals surface area contributed by atoms with Gasteiger partial charge in [0.25, 0.3) is 0 Å². The van der Waals surface area contributed by atoms with Gasteiger partial charge in [0, 0.05) is 12.1 Å². The third-order valence-electron chi connectivity index (χ3n) is 2.98. The number of benzene rings is 1. The Morgan fingerprint density at radius 1 is 1.47 bits per heavy atom. The SMILES string of the molecule is CCOc1ccc(C2CC(C)N2)cc1C. The van der Waals surface area contributed by atoms with Gasteiger partial charge in [0.1, 0.15) is 5.75 Å². The molecule has 0 bridgehead atoms. The third kappa shape index (κ3) is 2.15. The van der Waals surface area contributed by atoms with E-state index in [1.54, 1.807) is 0 Å². The highest BCUT2D eigenvalue weighted by Gasteiger charge is 2.25. The zero-order chi connectivity index (χ0) is 10.8. The molecule has 0 saturated carbocycles. The van der Waals surface area contributed by atoms with E-state index in [4.69, 9.17) is 4.74 Å². The van der Waals surface area contributed by atoms with Crippen LogP contribution in [0.1, 0.15) is 37.4 Å². The Morgan fingerprint density at radius 3 is 2.73 bits per heavy atom. The molecule has 1 aromatic carbocycles. The van der Waals surface area contributed by atoms with Crippen molar-refractivity contribution in [3.63, 3.8) is 0 Å². The van der Waals surface area contributed by atoms with E-state index in [1.165, 1.54) is 17.5 Å². The largest absolute Gasteiger partial charge is 0.494 e. The molecule has 1 aliphatic heterocycles. The third-order valence-corrected chi connectivity index (χ3v) is 2.98. The van der Waals surface area contributed by atoms with Crippen molar-refractivity contribution in [1.29, 1.82) is 0 Å². The van der Waals surface area contributed by atoms with Gasteiger partial charge in [-0.15, -0.1) is 0 Å². The van der Waals surface area contributed by atoms with Gasteiger partial charge in [0.15, 0.2) is 0 Å². The Balaban J connectivity index is 2.11. The molecule has 0 radical (unpaired) electrons. The van der Waals surface area contributed by atoms with Crippen molar-refractivity contribution in [2.24, 2.45) is 0 Å². The van der Waals surface area contributed by atoms with E-state index in [2.05, 4.69) is 37.4 Å². The van der Waals surface area contributed by atoms with Gasteiger partial charge < -0.3 is 10.1 Å². The minimum atomic E-state index is 0.550. The van der Waals surface area contributed by atoms with Crippen LogP contribution >= 0.6 is 0 Å². The van der Waals surface area contributed by atoms with Crippen molar-refractivity contribution in [3.05, 3.63) is 29.3 Å². The first-order valence-electron chi connectivity index (χ1n) is 5.70. The summed E-state index contributed by atoms with van der Waals surface area (Å²) in [5.41, 5.74) is 2.62. The molecule has 0 amide bonds. The molecule has 2 rings (SSSR count). The van der Waals surface area contributed by atoms with E-state index < -0.39 is 0 Å².